The SMILES string of the molecule is Cc1cccnc1/N=C(/C=C\C(C)(C)C)c1cccnc1. The molecule has 0 amide bonds. The van der Waals surface area contributed by atoms with Crippen molar-refractivity contribution in [2.45, 2.75) is 27.7 Å². The fraction of sp³-hybridized carbons (Fsp3) is 0.278. The highest BCUT2D eigenvalue weighted by molar-refractivity contribution is 6.09. The molecular weight excluding hydrogens is 258 g/mol. The second-order valence-corrected chi connectivity index (χ2v) is 6.08. The van der Waals surface area contributed by atoms with Crippen molar-refractivity contribution >= 4 is 11.5 Å². The number of rotatable bonds is 3. The first-order chi connectivity index (χ1) is 9.96. The van der Waals surface area contributed by atoms with Crippen LogP contribution in [0, 0.1) is 12.3 Å². The average Bonchev–Trinajstić information content (AvgIpc) is 2.45. The van der Waals surface area contributed by atoms with Gasteiger partial charge in [-0.05, 0) is 42.2 Å². The van der Waals surface area contributed by atoms with Crippen LogP contribution in [0.4, 0.5) is 5.82 Å². The minimum absolute atomic E-state index is 0.0993. The van der Waals surface area contributed by atoms with Crippen LogP contribution in [0.3, 0.4) is 0 Å². The van der Waals surface area contributed by atoms with Crippen LogP contribution in [0.2, 0.25) is 0 Å². The second-order valence-electron chi connectivity index (χ2n) is 6.08. The largest absolute Gasteiger partial charge is 0.264 e. The lowest BCUT2D eigenvalue weighted by molar-refractivity contribution is 0.545. The molecule has 108 valence electrons. The van der Waals surface area contributed by atoms with E-state index in [-0.39, 0.29) is 5.41 Å². The molecule has 21 heavy (non-hydrogen) atoms. The summed E-state index contributed by atoms with van der Waals surface area (Å²) in [4.78, 5) is 13.2. The van der Waals surface area contributed by atoms with Gasteiger partial charge in [0.15, 0.2) is 5.82 Å². The maximum absolute atomic E-state index is 4.71. The molecule has 3 heteroatoms. The van der Waals surface area contributed by atoms with E-state index in [9.17, 15) is 0 Å². The third-order valence-corrected chi connectivity index (χ3v) is 2.91. The molecular formula is C18H21N3. The topological polar surface area (TPSA) is 38.1 Å². The Morgan fingerprint density at radius 3 is 2.52 bits per heavy atom. The van der Waals surface area contributed by atoms with Crippen molar-refractivity contribution in [3.63, 3.8) is 0 Å². The number of allylic oxidation sites excluding steroid dienone is 2. The predicted octanol–water partition coefficient (Wildman–Crippen LogP) is 4.51. The second kappa shape index (κ2) is 6.44. The molecule has 0 spiro atoms. The van der Waals surface area contributed by atoms with Gasteiger partial charge in [0.25, 0.3) is 0 Å². The Kier molecular flexibility index (Phi) is 4.63. The van der Waals surface area contributed by atoms with Gasteiger partial charge in [-0.15, -0.1) is 0 Å². The lowest BCUT2D eigenvalue weighted by Gasteiger charge is -2.12. The highest BCUT2D eigenvalue weighted by atomic mass is 14.9. The van der Waals surface area contributed by atoms with E-state index < -0.39 is 0 Å². The van der Waals surface area contributed by atoms with Gasteiger partial charge in [-0.3, -0.25) is 4.98 Å². The molecule has 0 aromatic carbocycles. The Hall–Kier alpha value is -2.29. The summed E-state index contributed by atoms with van der Waals surface area (Å²) in [5.41, 5.74) is 3.02. The third kappa shape index (κ3) is 4.63. The van der Waals surface area contributed by atoms with Crippen molar-refractivity contribution in [2.75, 3.05) is 0 Å². The molecule has 0 atom stereocenters. The highest BCUT2D eigenvalue weighted by Crippen LogP contribution is 2.19. The molecule has 0 bridgehead atoms. The van der Waals surface area contributed by atoms with Crippen LogP contribution < -0.4 is 0 Å². The number of hydrogen-bond donors (Lipinski definition) is 0. The van der Waals surface area contributed by atoms with E-state index >= 15 is 0 Å². The molecule has 2 heterocycles. The minimum atomic E-state index is 0.0993. The zero-order valence-corrected chi connectivity index (χ0v) is 13.0. The summed E-state index contributed by atoms with van der Waals surface area (Å²) in [5, 5.41) is 0. The number of aryl methyl sites for hydroxylation is 1. The summed E-state index contributed by atoms with van der Waals surface area (Å²) in [6.07, 6.45) is 9.55. The van der Waals surface area contributed by atoms with Crippen LogP contribution in [0.1, 0.15) is 31.9 Å². The van der Waals surface area contributed by atoms with Crippen molar-refractivity contribution in [3.05, 3.63) is 66.1 Å². The Balaban J connectivity index is 2.46. The number of aromatic nitrogens is 2. The molecule has 0 saturated carbocycles. The van der Waals surface area contributed by atoms with Crippen LogP contribution in [0.5, 0.6) is 0 Å². The number of hydrogen-bond acceptors (Lipinski definition) is 3. The Labute approximate surface area is 126 Å². The van der Waals surface area contributed by atoms with E-state index in [2.05, 4.69) is 36.8 Å². The zero-order valence-electron chi connectivity index (χ0n) is 13.0. The summed E-state index contributed by atoms with van der Waals surface area (Å²) >= 11 is 0. The summed E-state index contributed by atoms with van der Waals surface area (Å²) < 4.78 is 0. The molecule has 0 fully saturated rings. The molecule has 0 aliphatic heterocycles. The van der Waals surface area contributed by atoms with Crippen LogP contribution in [0.25, 0.3) is 0 Å². The van der Waals surface area contributed by atoms with E-state index in [0.29, 0.717) is 0 Å². The van der Waals surface area contributed by atoms with Gasteiger partial charge in [0.2, 0.25) is 0 Å². The highest BCUT2D eigenvalue weighted by Gasteiger charge is 2.07. The normalized spacial score (nSPS) is 12.9. The average molecular weight is 279 g/mol. The van der Waals surface area contributed by atoms with Gasteiger partial charge in [-0.2, -0.15) is 0 Å². The summed E-state index contributed by atoms with van der Waals surface area (Å²) in [6.45, 7) is 8.50. The first kappa shape index (κ1) is 15.1. The first-order valence-corrected chi connectivity index (χ1v) is 7.06. The van der Waals surface area contributed by atoms with Crippen molar-refractivity contribution in [2.24, 2.45) is 10.4 Å². The molecule has 2 aromatic heterocycles. The lowest BCUT2D eigenvalue weighted by atomic mass is 9.95. The summed E-state index contributed by atoms with van der Waals surface area (Å²) in [6, 6.07) is 7.86. The van der Waals surface area contributed by atoms with E-state index in [0.717, 1.165) is 22.7 Å². The van der Waals surface area contributed by atoms with Gasteiger partial charge in [0.05, 0.1) is 5.71 Å². The standard InChI is InChI=1S/C18H21N3/c1-14-7-5-12-20-17(14)21-16(9-10-18(2,3)4)15-8-6-11-19-13-15/h5-13H,1-4H3/b10-9-,21-16-. The molecule has 0 saturated heterocycles. The molecule has 2 rings (SSSR count). The maximum Gasteiger partial charge on any atom is 0.155 e. The minimum Gasteiger partial charge on any atom is -0.264 e. The van der Waals surface area contributed by atoms with Crippen molar-refractivity contribution in [3.8, 4) is 0 Å². The zero-order chi connectivity index (χ0) is 15.3. The fourth-order valence-electron chi connectivity index (χ4n) is 1.75. The van der Waals surface area contributed by atoms with Gasteiger partial charge >= 0.3 is 0 Å². The van der Waals surface area contributed by atoms with E-state index in [1.807, 2.05) is 43.5 Å². The van der Waals surface area contributed by atoms with E-state index in [4.69, 9.17) is 4.99 Å². The molecule has 2 aromatic rings. The molecule has 3 nitrogen and oxygen atoms in total. The van der Waals surface area contributed by atoms with Gasteiger partial charge < -0.3 is 0 Å². The van der Waals surface area contributed by atoms with Crippen molar-refractivity contribution in [1.29, 1.82) is 0 Å². The molecule has 0 unspecified atom stereocenters. The summed E-state index contributed by atoms with van der Waals surface area (Å²) in [5.74, 6) is 0.745. The Morgan fingerprint density at radius 1 is 1.14 bits per heavy atom. The number of aliphatic imine (C=N–C) groups is 1. The van der Waals surface area contributed by atoms with Crippen molar-refractivity contribution < 1.29 is 0 Å². The van der Waals surface area contributed by atoms with Crippen LogP contribution >= 0.6 is 0 Å². The maximum atomic E-state index is 4.71. The van der Waals surface area contributed by atoms with Crippen LogP contribution in [0.15, 0.2) is 60.0 Å². The van der Waals surface area contributed by atoms with Gasteiger partial charge in [-0.25, -0.2) is 9.98 Å². The fourth-order valence-corrected chi connectivity index (χ4v) is 1.75. The monoisotopic (exact) mass is 279 g/mol. The first-order valence-electron chi connectivity index (χ1n) is 7.06. The Bertz CT molecular complexity index is 650. The quantitative estimate of drug-likeness (QED) is 0.775. The third-order valence-electron chi connectivity index (χ3n) is 2.91. The van der Waals surface area contributed by atoms with E-state index in [1.54, 1.807) is 12.4 Å². The summed E-state index contributed by atoms with van der Waals surface area (Å²) in [7, 11) is 0. The van der Waals surface area contributed by atoms with Gasteiger partial charge in [0, 0.05) is 24.2 Å². The van der Waals surface area contributed by atoms with Crippen molar-refractivity contribution in [1.82, 2.24) is 9.97 Å². The molecule has 0 aliphatic rings. The van der Waals surface area contributed by atoms with Crippen LogP contribution in [-0.2, 0) is 0 Å². The molecule has 0 N–H and O–H groups in total. The molecule has 0 aliphatic carbocycles. The molecule has 0 radical (unpaired) electrons. The van der Waals surface area contributed by atoms with Gasteiger partial charge in [0.1, 0.15) is 0 Å². The number of pyridine rings is 2. The van der Waals surface area contributed by atoms with Crippen LogP contribution in [-0.4, -0.2) is 15.7 Å². The lowest BCUT2D eigenvalue weighted by Crippen LogP contribution is -2.03. The predicted molar refractivity (Wildman–Crippen MR) is 88.0 cm³/mol. The smallest absolute Gasteiger partial charge is 0.155 e. The Morgan fingerprint density at radius 2 is 1.90 bits per heavy atom. The van der Waals surface area contributed by atoms with Gasteiger partial charge in [-0.1, -0.05) is 32.9 Å². The van der Waals surface area contributed by atoms with E-state index in [1.165, 1.54) is 0 Å². The number of nitrogens with zero attached hydrogens (tertiary/aromatic N) is 3.